The predicted molar refractivity (Wildman–Crippen MR) is 77.3 cm³/mol. The number of piperidine rings is 1. The van der Waals surface area contributed by atoms with Gasteiger partial charge in [-0.1, -0.05) is 6.42 Å². The molecule has 3 rings (SSSR count). The van der Waals surface area contributed by atoms with Crippen molar-refractivity contribution < 1.29 is 0 Å². The SMILES string of the molecule is c1nc(NCCC2CCCNC2)ncc1C1CCC1. The Hall–Kier alpha value is -1.16. The first-order chi connectivity index (χ1) is 9.42. The van der Waals surface area contributed by atoms with Crippen LogP contribution in [0.25, 0.3) is 0 Å². The number of hydrogen-bond donors (Lipinski definition) is 2. The van der Waals surface area contributed by atoms with Crippen molar-refractivity contribution in [1.29, 1.82) is 0 Å². The first kappa shape index (κ1) is 12.9. The van der Waals surface area contributed by atoms with Crippen LogP contribution in [0.5, 0.6) is 0 Å². The van der Waals surface area contributed by atoms with Gasteiger partial charge in [-0.2, -0.15) is 0 Å². The summed E-state index contributed by atoms with van der Waals surface area (Å²) in [6, 6.07) is 0. The predicted octanol–water partition coefficient (Wildman–Crippen LogP) is 2.55. The highest BCUT2D eigenvalue weighted by molar-refractivity contribution is 5.26. The number of anilines is 1. The Morgan fingerprint density at radius 3 is 2.63 bits per heavy atom. The van der Waals surface area contributed by atoms with Crippen LogP contribution >= 0.6 is 0 Å². The first-order valence-electron chi connectivity index (χ1n) is 7.68. The van der Waals surface area contributed by atoms with Gasteiger partial charge in [0, 0.05) is 18.9 Å². The van der Waals surface area contributed by atoms with Crippen molar-refractivity contribution in [2.24, 2.45) is 5.92 Å². The van der Waals surface area contributed by atoms with Crippen molar-refractivity contribution in [2.75, 3.05) is 25.0 Å². The molecule has 4 nitrogen and oxygen atoms in total. The van der Waals surface area contributed by atoms with E-state index < -0.39 is 0 Å². The molecule has 104 valence electrons. The van der Waals surface area contributed by atoms with E-state index in [1.54, 1.807) is 0 Å². The van der Waals surface area contributed by atoms with Gasteiger partial charge in [0.05, 0.1) is 0 Å². The maximum absolute atomic E-state index is 4.43. The van der Waals surface area contributed by atoms with E-state index in [1.165, 1.54) is 57.2 Å². The van der Waals surface area contributed by atoms with Gasteiger partial charge in [0.15, 0.2) is 0 Å². The molecule has 0 aromatic carbocycles. The second-order valence-electron chi connectivity index (χ2n) is 5.90. The number of aromatic nitrogens is 2. The molecule has 0 spiro atoms. The fourth-order valence-corrected chi connectivity index (χ4v) is 2.94. The summed E-state index contributed by atoms with van der Waals surface area (Å²) in [6.45, 7) is 3.34. The van der Waals surface area contributed by atoms with Crippen LogP contribution in [0.4, 0.5) is 5.95 Å². The van der Waals surface area contributed by atoms with Crippen LogP contribution in [0, 0.1) is 5.92 Å². The lowest BCUT2D eigenvalue weighted by atomic mass is 9.81. The molecule has 1 saturated heterocycles. The lowest BCUT2D eigenvalue weighted by molar-refractivity contribution is 0.364. The lowest BCUT2D eigenvalue weighted by Crippen LogP contribution is -2.30. The summed E-state index contributed by atoms with van der Waals surface area (Å²) in [7, 11) is 0. The topological polar surface area (TPSA) is 49.8 Å². The molecule has 1 aliphatic heterocycles. The van der Waals surface area contributed by atoms with Crippen molar-refractivity contribution in [1.82, 2.24) is 15.3 Å². The summed E-state index contributed by atoms with van der Waals surface area (Å²) in [4.78, 5) is 8.85. The Morgan fingerprint density at radius 1 is 1.16 bits per heavy atom. The molecule has 1 aromatic heterocycles. The van der Waals surface area contributed by atoms with Gasteiger partial charge in [-0.25, -0.2) is 9.97 Å². The van der Waals surface area contributed by atoms with Crippen LogP contribution in [0.2, 0.25) is 0 Å². The minimum Gasteiger partial charge on any atom is -0.354 e. The lowest BCUT2D eigenvalue weighted by Gasteiger charge is -2.25. The van der Waals surface area contributed by atoms with Gasteiger partial charge in [0.2, 0.25) is 5.95 Å². The Kier molecular flexibility index (Phi) is 4.28. The van der Waals surface area contributed by atoms with Crippen molar-refractivity contribution in [3.63, 3.8) is 0 Å². The fraction of sp³-hybridized carbons (Fsp3) is 0.733. The Bertz CT molecular complexity index is 380. The molecule has 1 atom stereocenters. The third kappa shape index (κ3) is 3.44. The summed E-state index contributed by atoms with van der Waals surface area (Å²) >= 11 is 0. The van der Waals surface area contributed by atoms with Crippen molar-refractivity contribution in [2.45, 2.75) is 44.4 Å². The van der Waals surface area contributed by atoms with Gasteiger partial charge in [-0.05, 0) is 62.6 Å². The molecule has 19 heavy (non-hydrogen) atoms. The zero-order chi connectivity index (χ0) is 12.9. The van der Waals surface area contributed by atoms with Crippen LogP contribution in [-0.4, -0.2) is 29.6 Å². The zero-order valence-corrected chi connectivity index (χ0v) is 11.6. The molecule has 1 unspecified atom stereocenters. The second kappa shape index (κ2) is 6.33. The third-order valence-corrected chi connectivity index (χ3v) is 4.48. The molecule has 1 aliphatic carbocycles. The summed E-state index contributed by atoms with van der Waals surface area (Å²) in [5, 5.41) is 6.80. The van der Waals surface area contributed by atoms with E-state index in [9.17, 15) is 0 Å². The van der Waals surface area contributed by atoms with E-state index in [4.69, 9.17) is 0 Å². The molecule has 2 fully saturated rings. The van der Waals surface area contributed by atoms with E-state index in [-0.39, 0.29) is 0 Å². The number of nitrogens with zero attached hydrogens (tertiary/aromatic N) is 2. The summed E-state index contributed by atoms with van der Waals surface area (Å²) in [5.41, 5.74) is 1.31. The highest BCUT2D eigenvalue weighted by Crippen LogP contribution is 2.35. The monoisotopic (exact) mass is 260 g/mol. The van der Waals surface area contributed by atoms with Crippen LogP contribution < -0.4 is 10.6 Å². The van der Waals surface area contributed by atoms with Crippen molar-refractivity contribution >= 4 is 5.95 Å². The van der Waals surface area contributed by atoms with E-state index >= 15 is 0 Å². The number of rotatable bonds is 5. The van der Waals surface area contributed by atoms with E-state index in [1.807, 2.05) is 12.4 Å². The third-order valence-electron chi connectivity index (χ3n) is 4.48. The molecular weight excluding hydrogens is 236 g/mol. The van der Waals surface area contributed by atoms with Gasteiger partial charge in [-0.15, -0.1) is 0 Å². The second-order valence-corrected chi connectivity index (χ2v) is 5.90. The van der Waals surface area contributed by atoms with Crippen LogP contribution in [-0.2, 0) is 0 Å². The van der Waals surface area contributed by atoms with Gasteiger partial charge in [0.1, 0.15) is 0 Å². The molecule has 2 N–H and O–H groups in total. The maximum Gasteiger partial charge on any atom is 0.222 e. The normalized spacial score (nSPS) is 23.9. The molecule has 0 amide bonds. The first-order valence-corrected chi connectivity index (χ1v) is 7.68. The molecule has 2 heterocycles. The van der Waals surface area contributed by atoms with Gasteiger partial charge in [0.25, 0.3) is 0 Å². The van der Waals surface area contributed by atoms with Crippen molar-refractivity contribution in [3.05, 3.63) is 18.0 Å². The molecule has 2 aliphatic rings. The van der Waals surface area contributed by atoms with Crippen molar-refractivity contribution in [3.8, 4) is 0 Å². The quantitative estimate of drug-likeness (QED) is 0.854. The van der Waals surface area contributed by atoms with Crippen LogP contribution in [0.15, 0.2) is 12.4 Å². The molecule has 1 saturated carbocycles. The summed E-state index contributed by atoms with van der Waals surface area (Å²) in [6.07, 6.45) is 11.9. The van der Waals surface area contributed by atoms with E-state index in [2.05, 4.69) is 20.6 Å². The minimum absolute atomic E-state index is 0.724. The highest BCUT2D eigenvalue weighted by Gasteiger charge is 2.20. The molecule has 1 aromatic rings. The fourth-order valence-electron chi connectivity index (χ4n) is 2.94. The number of nitrogens with one attached hydrogen (secondary N) is 2. The van der Waals surface area contributed by atoms with Gasteiger partial charge < -0.3 is 10.6 Å². The summed E-state index contributed by atoms with van der Waals surface area (Å²) < 4.78 is 0. The smallest absolute Gasteiger partial charge is 0.222 e. The van der Waals surface area contributed by atoms with E-state index in [0.29, 0.717) is 0 Å². The Morgan fingerprint density at radius 2 is 2.00 bits per heavy atom. The molecule has 0 radical (unpaired) electrons. The molecular formula is C15H24N4. The largest absolute Gasteiger partial charge is 0.354 e. The minimum atomic E-state index is 0.724. The van der Waals surface area contributed by atoms with Crippen LogP contribution in [0.3, 0.4) is 0 Å². The standard InChI is InChI=1S/C15H24N4/c1-4-13(5-1)14-10-18-15(19-11-14)17-8-6-12-3-2-7-16-9-12/h10-13,16H,1-9H2,(H,17,18,19). The van der Waals surface area contributed by atoms with Gasteiger partial charge in [-0.3, -0.25) is 0 Å². The average Bonchev–Trinajstić information content (AvgIpc) is 2.40. The Balaban J connectivity index is 1.41. The molecule has 0 bridgehead atoms. The molecule has 4 heteroatoms. The zero-order valence-electron chi connectivity index (χ0n) is 11.6. The van der Waals surface area contributed by atoms with Gasteiger partial charge >= 0.3 is 0 Å². The average molecular weight is 260 g/mol. The van der Waals surface area contributed by atoms with E-state index in [0.717, 1.165) is 24.3 Å². The maximum atomic E-state index is 4.43. The highest BCUT2D eigenvalue weighted by atomic mass is 15.1. The summed E-state index contributed by atoms with van der Waals surface area (Å²) in [5.74, 6) is 2.32. The Labute approximate surface area is 115 Å². The number of hydrogen-bond acceptors (Lipinski definition) is 4. The van der Waals surface area contributed by atoms with Crippen LogP contribution in [0.1, 0.15) is 50.0 Å².